The van der Waals surface area contributed by atoms with E-state index in [1.165, 1.54) is 0 Å². The number of urea groups is 1. The summed E-state index contributed by atoms with van der Waals surface area (Å²) in [7, 11) is 0. The Morgan fingerprint density at radius 1 is 0.930 bits per heavy atom. The fourth-order valence-corrected chi connectivity index (χ4v) is 4.53. The third-order valence-electron chi connectivity index (χ3n) is 6.96. The van der Waals surface area contributed by atoms with E-state index in [2.05, 4.69) is 41.7 Å². The summed E-state index contributed by atoms with van der Waals surface area (Å²) in [6.45, 7) is 11.1. The number of benzene rings is 3. The minimum atomic E-state index is -0.376. The van der Waals surface area contributed by atoms with Gasteiger partial charge in [0, 0.05) is 34.9 Å². The molecule has 43 heavy (non-hydrogen) atoms. The average molecular weight is 580 g/mol. The summed E-state index contributed by atoms with van der Waals surface area (Å²) in [5, 5.41) is 15.3. The lowest BCUT2D eigenvalue weighted by atomic mass is 9.92. The van der Waals surface area contributed by atoms with Crippen LogP contribution in [0.4, 0.5) is 22.1 Å². The van der Waals surface area contributed by atoms with Crippen LogP contribution >= 0.6 is 0 Å². The highest BCUT2D eigenvalue weighted by Crippen LogP contribution is 2.32. The maximum Gasteiger partial charge on any atom is 0.324 e. The lowest BCUT2D eigenvalue weighted by molar-refractivity contribution is -0.115. The maximum absolute atomic E-state index is 13.3. The standard InChI is InChI=1S/C33H37N7O3/c1-6-31(41)36-29-20-39(21-34-29)17-18-43-27-16-15-26(24-9-7-8-10-25(24)27)35-32(42)37-30-19-28(33(3,4)5)38-40(30)23-13-11-22(2)12-14-23/h7-16,19-21H,6,17-18H2,1-5H3,(H,36,41)(H2,35,37,42). The second-order valence-corrected chi connectivity index (χ2v) is 11.4. The van der Waals surface area contributed by atoms with E-state index in [-0.39, 0.29) is 17.4 Å². The van der Waals surface area contributed by atoms with Crippen LogP contribution in [0.1, 0.15) is 45.4 Å². The first kappa shape index (κ1) is 29.4. The molecule has 5 aromatic rings. The third-order valence-corrected chi connectivity index (χ3v) is 6.96. The van der Waals surface area contributed by atoms with Gasteiger partial charge in [-0.15, -0.1) is 0 Å². The molecular formula is C33H37N7O3. The zero-order chi connectivity index (χ0) is 30.6. The molecule has 3 N–H and O–H groups in total. The second kappa shape index (κ2) is 12.4. The number of carbonyl (C=O) groups excluding carboxylic acids is 2. The Hall–Kier alpha value is -5.12. The first-order valence-electron chi connectivity index (χ1n) is 14.3. The van der Waals surface area contributed by atoms with Crippen LogP contribution in [-0.4, -0.2) is 37.9 Å². The number of carbonyl (C=O) groups is 2. The lowest BCUT2D eigenvalue weighted by Gasteiger charge is -2.14. The highest BCUT2D eigenvalue weighted by Gasteiger charge is 2.22. The second-order valence-electron chi connectivity index (χ2n) is 11.4. The summed E-state index contributed by atoms with van der Waals surface area (Å²) in [6.07, 6.45) is 3.83. The van der Waals surface area contributed by atoms with Crippen molar-refractivity contribution in [3.8, 4) is 11.4 Å². The Morgan fingerprint density at radius 2 is 1.67 bits per heavy atom. The number of ether oxygens (including phenoxy) is 1. The number of aryl methyl sites for hydroxylation is 1. The summed E-state index contributed by atoms with van der Waals surface area (Å²) in [4.78, 5) is 29.1. The highest BCUT2D eigenvalue weighted by atomic mass is 16.5. The molecule has 0 saturated heterocycles. The van der Waals surface area contributed by atoms with Gasteiger partial charge in [0.2, 0.25) is 5.91 Å². The first-order chi connectivity index (χ1) is 20.6. The van der Waals surface area contributed by atoms with Gasteiger partial charge in [0.25, 0.3) is 0 Å². The Bertz CT molecular complexity index is 1750. The van der Waals surface area contributed by atoms with Crippen LogP contribution in [0, 0.1) is 6.92 Å². The zero-order valence-corrected chi connectivity index (χ0v) is 25.1. The Kier molecular flexibility index (Phi) is 8.47. The molecule has 10 nitrogen and oxygen atoms in total. The van der Waals surface area contributed by atoms with Crippen molar-refractivity contribution < 1.29 is 14.3 Å². The third kappa shape index (κ3) is 7.03. The molecule has 0 atom stereocenters. The predicted molar refractivity (Wildman–Crippen MR) is 170 cm³/mol. The first-order valence-corrected chi connectivity index (χ1v) is 14.3. The lowest BCUT2D eigenvalue weighted by Crippen LogP contribution is -2.21. The molecule has 5 rings (SSSR count). The molecule has 0 aliphatic heterocycles. The van der Waals surface area contributed by atoms with Crippen LogP contribution < -0.4 is 20.7 Å². The average Bonchev–Trinajstić information content (AvgIpc) is 3.61. The fourth-order valence-electron chi connectivity index (χ4n) is 4.53. The topological polar surface area (TPSA) is 115 Å². The molecule has 0 bridgehead atoms. The molecule has 2 aromatic heterocycles. The van der Waals surface area contributed by atoms with Crippen LogP contribution in [-0.2, 0) is 16.8 Å². The molecule has 3 amide bonds. The van der Waals surface area contributed by atoms with Crippen LogP contribution in [0.25, 0.3) is 16.5 Å². The number of nitrogens with zero attached hydrogens (tertiary/aromatic N) is 4. The number of hydrogen-bond acceptors (Lipinski definition) is 5. The van der Waals surface area contributed by atoms with Gasteiger partial charge in [0.1, 0.15) is 18.2 Å². The summed E-state index contributed by atoms with van der Waals surface area (Å²) >= 11 is 0. The molecule has 222 valence electrons. The number of imidazole rings is 1. The van der Waals surface area contributed by atoms with Crippen molar-refractivity contribution in [2.75, 3.05) is 22.6 Å². The molecule has 0 saturated carbocycles. The van der Waals surface area contributed by atoms with E-state index in [4.69, 9.17) is 9.84 Å². The Labute approximate surface area is 251 Å². The van der Waals surface area contributed by atoms with Crippen LogP contribution in [0.15, 0.2) is 79.3 Å². The van der Waals surface area contributed by atoms with Crippen molar-refractivity contribution in [3.63, 3.8) is 0 Å². The van der Waals surface area contributed by atoms with Crippen LogP contribution in [0.2, 0.25) is 0 Å². The molecule has 0 fully saturated rings. The van der Waals surface area contributed by atoms with Crippen LogP contribution in [0.5, 0.6) is 5.75 Å². The van der Waals surface area contributed by atoms with E-state index in [0.717, 1.165) is 27.7 Å². The predicted octanol–water partition coefficient (Wildman–Crippen LogP) is 6.90. The SMILES string of the molecule is CCC(=O)Nc1cn(CCOc2ccc(NC(=O)Nc3cc(C(C)(C)C)nn3-c3ccc(C)cc3)c3ccccc23)cn1. The van der Waals surface area contributed by atoms with Gasteiger partial charge in [-0.2, -0.15) is 5.10 Å². The van der Waals surface area contributed by atoms with Gasteiger partial charge in [0.15, 0.2) is 5.82 Å². The smallest absolute Gasteiger partial charge is 0.324 e. The van der Waals surface area contributed by atoms with Crippen molar-refractivity contribution in [2.24, 2.45) is 0 Å². The van der Waals surface area contributed by atoms with E-state index >= 15 is 0 Å². The molecular weight excluding hydrogens is 542 g/mol. The van der Waals surface area contributed by atoms with Gasteiger partial charge in [-0.25, -0.2) is 14.5 Å². The van der Waals surface area contributed by atoms with Crippen molar-refractivity contribution >= 4 is 40.0 Å². The van der Waals surface area contributed by atoms with Gasteiger partial charge < -0.3 is 19.9 Å². The number of fused-ring (bicyclic) bond motifs is 1. The summed E-state index contributed by atoms with van der Waals surface area (Å²) in [5.41, 5.74) is 3.34. The maximum atomic E-state index is 13.3. The normalized spacial score (nSPS) is 11.4. The molecule has 0 aliphatic carbocycles. The minimum absolute atomic E-state index is 0.0816. The number of rotatable bonds is 9. The van der Waals surface area contributed by atoms with E-state index in [1.54, 1.807) is 24.1 Å². The van der Waals surface area contributed by atoms with Gasteiger partial charge in [-0.3, -0.25) is 10.1 Å². The van der Waals surface area contributed by atoms with Crippen molar-refractivity contribution in [2.45, 2.75) is 53.0 Å². The quantitative estimate of drug-likeness (QED) is 0.176. The summed E-state index contributed by atoms with van der Waals surface area (Å²) in [6, 6.07) is 21.0. The van der Waals surface area contributed by atoms with Crippen molar-refractivity contribution in [3.05, 3.63) is 90.5 Å². The summed E-state index contributed by atoms with van der Waals surface area (Å²) in [5.74, 6) is 1.71. The number of hydrogen-bond donors (Lipinski definition) is 3. The Morgan fingerprint density at radius 3 is 2.40 bits per heavy atom. The van der Waals surface area contributed by atoms with E-state index < -0.39 is 0 Å². The number of aromatic nitrogens is 4. The summed E-state index contributed by atoms with van der Waals surface area (Å²) < 4.78 is 9.74. The van der Waals surface area contributed by atoms with Gasteiger partial charge in [-0.05, 0) is 31.2 Å². The zero-order valence-electron chi connectivity index (χ0n) is 25.1. The van der Waals surface area contributed by atoms with E-state index in [1.807, 2.05) is 78.2 Å². The molecule has 10 heteroatoms. The number of nitrogens with one attached hydrogen (secondary N) is 3. The highest BCUT2D eigenvalue weighted by molar-refractivity contribution is 6.07. The fraction of sp³-hybridized carbons (Fsp3) is 0.273. The number of amides is 3. The largest absolute Gasteiger partial charge is 0.491 e. The molecule has 0 spiro atoms. The van der Waals surface area contributed by atoms with Crippen molar-refractivity contribution in [1.82, 2.24) is 19.3 Å². The van der Waals surface area contributed by atoms with E-state index in [9.17, 15) is 9.59 Å². The molecule has 3 aromatic carbocycles. The molecule has 0 unspecified atom stereocenters. The Balaban J connectivity index is 1.30. The monoisotopic (exact) mass is 579 g/mol. The van der Waals surface area contributed by atoms with Crippen molar-refractivity contribution in [1.29, 1.82) is 0 Å². The van der Waals surface area contributed by atoms with E-state index in [0.29, 0.717) is 42.6 Å². The van der Waals surface area contributed by atoms with Gasteiger partial charge >= 0.3 is 6.03 Å². The van der Waals surface area contributed by atoms with Gasteiger partial charge in [-0.1, -0.05) is 69.7 Å². The number of anilines is 3. The van der Waals surface area contributed by atoms with Crippen LogP contribution in [0.3, 0.4) is 0 Å². The minimum Gasteiger partial charge on any atom is -0.491 e. The van der Waals surface area contributed by atoms with Gasteiger partial charge in [0.05, 0.1) is 29.9 Å². The molecule has 0 aliphatic rings. The molecule has 0 radical (unpaired) electrons. The molecule has 2 heterocycles.